The number of benzene rings is 1. The second kappa shape index (κ2) is 7.02. The van der Waals surface area contributed by atoms with Crippen LogP contribution in [-0.4, -0.2) is 34.8 Å². The van der Waals surface area contributed by atoms with Crippen LogP contribution in [0.2, 0.25) is 0 Å². The topological polar surface area (TPSA) is 58.7 Å². The Morgan fingerprint density at radius 2 is 2.08 bits per heavy atom. The molecule has 1 aromatic rings. The fourth-order valence-electron chi connectivity index (χ4n) is 2.28. The minimum absolute atomic E-state index is 0.136. The van der Waals surface area contributed by atoms with Gasteiger partial charge in [0.25, 0.3) is 12.1 Å². The van der Waals surface area contributed by atoms with Crippen LogP contribution in [0.1, 0.15) is 11.1 Å². The Balaban J connectivity index is 2.32. The monoisotopic (exact) mass is 361 g/mol. The predicted octanol–water partition coefficient (Wildman–Crippen LogP) is 3.98. The first-order chi connectivity index (χ1) is 11.6. The van der Waals surface area contributed by atoms with Gasteiger partial charge in [0.1, 0.15) is 0 Å². The zero-order valence-electron chi connectivity index (χ0n) is 12.8. The molecule has 0 saturated carbocycles. The number of nitrogens with zero attached hydrogens (tertiary/aromatic N) is 3. The Morgan fingerprint density at radius 3 is 2.60 bits per heavy atom. The normalized spacial score (nSPS) is 15.1. The van der Waals surface area contributed by atoms with E-state index in [2.05, 4.69) is 4.99 Å². The van der Waals surface area contributed by atoms with Crippen LogP contribution in [0.15, 0.2) is 40.7 Å². The average molecular weight is 361 g/mol. The van der Waals surface area contributed by atoms with E-state index in [9.17, 15) is 32.1 Å². The van der Waals surface area contributed by atoms with E-state index in [0.717, 1.165) is 11.0 Å². The van der Waals surface area contributed by atoms with E-state index >= 15 is 0 Å². The maximum absolute atomic E-state index is 13.2. The molecule has 0 radical (unpaired) electrons. The van der Waals surface area contributed by atoms with Crippen LogP contribution in [0.25, 0.3) is 0 Å². The van der Waals surface area contributed by atoms with E-state index in [4.69, 9.17) is 0 Å². The highest BCUT2D eigenvalue weighted by molar-refractivity contribution is 5.86. The fourth-order valence-corrected chi connectivity index (χ4v) is 2.28. The van der Waals surface area contributed by atoms with Crippen molar-refractivity contribution in [3.63, 3.8) is 0 Å². The number of hydrogen-bond acceptors (Lipinski definition) is 4. The van der Waals surface area contributed by atoms with Gasteiger partial charge < -0.3 is 4.90 Å². The minimum Gasteiger partial charge on any atom is -0.347 e. The average Bonchev–Trinajstić information content (AvgIpc) is 2.69. The number of aliphatic imine (C=N–C) groups is 1. The van der Waals surface area contributed by atoms with Gasteiger partial charge in [0.15, 0.2) is 11.5 Å². The molecule has 2 rings (SSSR count). The number of halogens is 5. The molecular weight excluding hydrogens is 349 g/mol. The van der Waals surface area contributed by atoms with E-state index in [-0.39, 0.29) is 18.8 Å². The predicted molar refractivity (Wildman–Crippen MR) is 79.3 cm³/mol. The van der Waals surface area contributed by atoms with Gasteiger partial charge in [0.05, 0.1) is 4.92 Å². The number of aryl methyl sites for hydroxylation is 1. The molecule has 0 amide bonds. The van der Waals surface area contributed by atoms with Crippen molar-refractivity contribution in [2.24, 2.45) is 4.99 Å². The summed E-state index contributed by atoms with van der Waals surface area (Å²) in [5.74, 6) is -1.02. The zero-order chi connectivity index (χ0) is 18.8. The molecule has 1 heterocycles. The van der Waals surface area contributed by atoms with Gasteiger partial charge in [-0.1, -0.05) is 11.8 Å². The van der Waals surface area contributed by atoms with Gasteiger partial charge in [-0.3, -0.25) is 10.1 Å². The van der Waals surface area contributed by atoms with Gasteiger partial charge >= 0.3 is 6.18 Å². The van der Waals surface area contributed by atoms with Crippen molar-refractivity contribution in [1.82, 2.24) is 4.90 Å². The van der Waals surface area contributed by atoms with E-state index in [1.807, 2.05) is 5.73 Å². The molecule has 5 nitrogen and oxygen atoms in total. The van der Waals surface area contributed by atoms with Crippen LogP contribution in [0.3, 0.4) is 0 Å². The van der Waals surface area contributed by atoms with Crippen LogP contribution in [0.5, 0.6) is 0 Å². The lowest BCUT2D eigenvalue weighted by Gasteiger charge is -2.24. The molecule has 10 heteroatoms. The van der Waals surface area contributed by atoms with Crippen molar-refractivity contribution >= 4 is 11.5 Å². The molecule has 0 aliphatic carbocycles. The summed E-state index contributed by atoms with van der Waals surface area (Å²) < 4.78 is 64.6. The number of amidine groups is 1. The van der Waals surface area contributed by atoms with Crippen molar-refractivity contribution in [2.75, 3.05) is 6.54 Å². The first kappa shape index (κ1) is 18.6. The molecule has 0 spiro atoms. The molecule has 1 aliphatic heterocycles. The van der Waals surface area contributed by atoms with Gasteiger partial charge in [-0.05, 0) is 24.6 Å². The quantitative estimate of drug-likeness (QED) is 0.353. The van der Waals surface area contributed by atoms with Crippen LogP contribution in [0.4, 0.5) is 27.6 Å². The molecule has 1 aromatic carbocycles. The van der Waals surface area contributed by atoms with E-state index < -0.39 is 29.1 Å². The number of nitro groups is 1. The molecular formula is C15H12F5N3O2. The molecule has 0 N–H and O–H groups in total. The third-order valence-electron chi connectivity index (χ3n) is 3.40. The summed E-state index contributed by atoms with van der Waals surface area (Å²) >= 11 is 0. The van der Waals surface area contributed by atoms with Crippen LogP contribution < -0.4 is 0 Å². The summed E-state index contributed by atoms with van der Waals surface area (Å²) in [7, 11) is 0. The molecule has 0 saturated heterocycles. The highest BCUT2D eigenvalue weighted by atomic mass is 19.4. The van der Waals surface area contributed by atoms with Crippen molar-refractivity contribution in [2.45, 2.75) is 26.1 Å². The van der Waals surface area contributed by atoms with Gasteiger partial charge in [-0.15, -0.1) is 0 Å². The van der Waals surface area contributed by atoms with Gasteiger partial charge in [-0.25, -0.2) is 13.8 Å². The smallest absolute Gasteiger partial charge is 0.347 e. The Kier molecular flexibility index (Phi) is 5.22. The highest BCUT2D eigenvalue weighted by Gasteiger charge is 2.36. The number of rotatable bonds is 4. The Labute approximate surface area is 138 Å². The third kappa shape index (κ3) is 4.42. The first-order valence-electron chi connectivity index (χ1n) is 6.97. The number of hydrogen-bond donors (Lipinski definition) is 0. The second-order valence-corrected chi connectivity index (χ2v) is 5.22. The molecule has 0 atom stereocenters. The van der Waals surface area contributed by atoms with Crippen LogP contribution in [-0.2, 0) is 6.54 Å². The largest absolute Gasteiger partial charge is 0.440 e. The van der Waals surface area contributed by atoms with Gasteiger partial charge in [-0.2, -0.15) is 13.2 Å². The second-order valence-electron chi connectivity index (χ2n) is 5.22. The summed E-state index contributed by atoms with van der Waals surface area (Å²) in [5, 5.41) is 10.8. The van der Waals surface area contributed by atoms with Crippen molar-refractivity contribution < 1.29 is 26.9 Å². The van der Waals surface area contributed by atoms with Gasteiger partial charge in [0, 0.05) is 24.7 Å². The molecule has 1 aliphatic rings. The van der Waals surface area contributed by atoms with Gasteiger partial charge in [0.2, 0.25) is 0 Å². The Hall–Kier alpha value is -2.74. The maximum atomic E-state index is 13.2. The first-order valence-corrected chi connectivity index (χ1v) is 6.97. The SMILES string of the molecule is Cc1cc(CN2CC=C=C(C(F)(F)F)N=C2C(F)F)ccc1[N+](=O)[O-]. The van der Waals surface area contributed by atoms with Crippen molar-refractivity contribution in [3.8, 4) is 0 Å². The summed E-state index contributed by atoms with van der Waals surface area (Å²) in [6.45, 7) is 1.06. The van der Waals surface area contributed by atoms with Crippen LogP contribution in [0, 0.1) is 17.0 Å². The summed E-state index contributed by atoms with van der Waals surface area (Å²) in [6.07, 6.45) is -7.14. The maximum Gasteiger partial charge on any atom is 0.440 e. The van der Waals surface area contributed by atoms with E-state index in [1.54, 1.807) is 0 Å². The third-order valence-corrected chi connectivity index (χ3v) is 3.40. The zero-order valence-corrected chi connectivity index (χ0v) is 12.8. The van der Waals surface area contributed by atoms with Crippen molar-refractivity contribution in [1.29, 1.82) is 0 Å². The molecule has 134 valence electrons. The summed E-state index contributed by atoms with van der Waals surface area (Å²) in [5.41, 5.74) is 0.962. The Morgan fingerprint density at radius 1 is 1.40 bits per heavy atom. The Bertz CT molecular complexity index is 780. The highest BCUT2D eigenvalue weighted by Crippen LogP contribution is 2.28. The molecule has 0 unspecified atom stereocenters. The minimum atomic E-state index is -4.89. The lowest BCUT2D eigenvalue weighted by molar-refractivity contribution is -0.385. The standard InChI is InChI=1S/C15H12F5N3O2/c1-9-7-10(4-5-11(9)23(24)25)8-22-6-2-3-12(15(18,19)20)21-14(22)13(16)17/h2,4-5,7,13H,6,8H2,1H3. The lowest BCUT2D eigenvalue weighted by Crippen LogP contribution is -2.35. The lowest BCUT2D eigenvalue weighted by atomic mass is 10.1. The molecule has 25 heavy (non-hydrogen) atoms. The summed E-state index contributed by atoms with van der Waals surface area (Å²) in [6, 6.07) is 4.01. The molecule has 0 fully saturated rings. The number of nitro benzene ring substituents is 1. The van der Waals surface area contributed by atoms with Crippen molar-refractivity contribution in [3.05, 3.63) is 56.9 Å². The fraction of sp³-hybridized carbons (Fsp3) is 0.333. The summed E-state index contributed by atoms with van der Waals surface area (Å²) in [4.78, 5) is 14.2. The van der Waals surface area contributed by atoms with E-state index in [0.29, 0.717) is 11.1 Å². The molecule has 0 aromatic heterocycles. The molecule has 0 bridgehead atoms. The number of alkyl halides is 5. The van der Waals surface area contributed by atoms with E-state index in [1.165, 1.54) is 25.1 Å². The van der Waals surface area contributed by atoms with Crippen LogP contribution >= 0.6 is 0 Å².